The van der Waals surface area contributed by atoms with Crippen molar-refractivity contribution < 1.29 is 13.2 Å². The number of carbonyl (C=O) groups excluding carboxylic acids is 1. The lowest BCUT2D eigenvalue weighted by Gasteiger charge is -2.22. The SMILES string of the molecule is CCC(=O)N(C)n1c(=O)c2cc(S(=O)(=O)NC3(C)CC3)ccc2n(CC2(C)CC2)c1=O. The molecule has 1 N–H and O–H groups in total. The highest BCUT2D eigenvalue weighted by atomic mass is 32.2. The summed E-state index contributed by atoms with van der Waals surface area (Å²) in [6.07, 6.45) is 3.55. The lowest BCUT2D eigenvalue weighted by atomic mass is 10.1. The zero-order valence-electron chi connectivity index (χ0n) is 18.3. The highest BCUT2D eigenvalue weighted by Gasteiger charge is 2.41. The second-order valence-corrected chi connectivity index (χ2v) is 11.1. The standard InChI is InChI=1S/C21H28N4O5S/c1-5-17(26)23(4)25-18(27)15-12-14(31(29,30)22-21(3)10-11-21)6-7-16(15)24(19(25)28)13-20(2)8-9-20/h6-7,12,22H,5,8-11,13H2,1-4H3. The predicted molar refractivity (Wildman–Crippen MR) is 117 cm³/mol. The van der Waals surface area contributed by atoms with Crippen molar-refractivity contribution in [3.8, 4) is 0 Å². The number of benzene rings is 1. The van der Waals surface area contributed by atoms with Gasteiger partial charge >= 0.3 is 5.69 Å². The molecule has 2 aromatic rings. The van der Waals surface area contributed by atoms with Gasteiger partial charge in [-0.05, 0) is 56.2 Å². The fourth-order valence-electron chi connectivity index (χ4n) is 3.69. The van der Waals surface area contributed by atoms with Crippen LogP contribution in [-0.2, 0) is 21.4 Å². The molecule has 0 saturated heterocycles. The minimum atomic E-state index is -3.83. The van der Waals surface area contributed by atoms with E-state index in [0.717, 1.165) is 35.4 Å². The maximum atomic E-state index is 13.3. The van der Waals surface area contributed by atoms with Crippen LogP contribution < -0.4 is 21.0 Å². The molecule has 1 heterocycles. The number of amides is 1. The fraction of sp³-hybridized carbons (Fsp3) is 0.571. The van der Waals surface area contributed by atoms with Crippen LogP contribution in [0.4, 0.5) is 0 Å². The molecule has 2 aliphatic carbocycles. The third kappa shape index (κ3) is 3.94. The number of aromatic nitrogens is 2. The molecular weight excluding hydrogens is 420 g/mol. The van der Waals surface area contributed by atoms with E-state index >= 15 is 0 Å². The third-order valence-corrected chi connectivity index (χ3v) is 8.03. The second-order valence-electron chi connectivity index (χ2n) is 9.41. The summed E-state index contributed by atoms with van der Waals surface area (Å²) in [4.78, 5) is 38.7. The van der Waals surface area contributed by atoms with E-state index in [1.165, 1.54) is 29.8 Å². The van der Waals surface area contributed by atoms with Gasteiger partial charge in [-0.3, -0.25) is 14.2 Å². The third-order valence-electron chi connectivity index (χ3n) is 6.39. The second kappa shape index (κ2) is 7.03. The zero-order chi connectivity index (χ0) is 22.8. The first-order valence-corrected chi connectivity index (χ1v) is 12.0. The Balaban J connectivity index is 1.94. The molecule has 0 bridgehead atoms. The highest BCUT2D eigenvalue weighted by Crippen LogP contribution is 2.46. The van der Waals surface area contributed by atoms with E-state index in [9.17, 15) is 22.8 Å². The van der Waals surface area contributed by atoms with Gasteiger partial charge in [0.05, 0.1) is 15.8 Å². The summed E-state index contributed by atoms with van der Waals surface area (Å²) < 4.78 is 30.7. The molecule has 31 heavy (non-hydrogen) atoms. The van der Waals surface area contributed by atoms with Crippen LogP contribution in [0.15, 0.2) is 32.7 Å². The minimum absolute atomic E-state index is 0.0379. The van der Waals surface area contributed by atoms with Crippen molar-refractivity contribution in [2.45, 2.75) is 69.9 Å². The van der Waals surface area contributed by atoms with Gasteiger partial charge in [0, 0.05) is 25.6 Å². The van der Waals surface area contributed by atoms with Crippen LogP contribution in [0.2, 0.25) is 0 Å². The maximum Gasteiger partial charge on any atom is 0.351 e. The molecule has 0 unspecified atom stereocenters. The van der Waals surface area contributed by atoms with E-state index in [2.05, 4.69) is 11.6 Å². The molecule has 4 rings (SSSR count). The first kappa shape index (κ1) is 21.8. The predicted octanol–water partition coefficient (Wildman–Crippen LogP) is 1.30. The van der Waals surface area contributed by atoms with Gasteiger partial charge in [-0.15, -0.1) is 0 Å². The Bertz CT molecular complexity index is 1300. The number of nitrogens with zero attached hydrogens (tertiary/aromatic N) is 3. The van der Waals surface area contributed by atoms with E-state index in [0.29, 0.717) is 12.1 Å². The zero-order valence-corrected chi connectivity index (χ0v) is 19.1. The van der Waals surface area contributed by atoms with E-state index in [1.807, 2.05) is 6.92 Å². The normalized spacial score (nSPS) is 18.7. The summed E-state index contributed by atoms with van der Waals surface area (Å²) >= 11 is 0. The average Bonchev–Trinajstić information content (AvgIpc) is 3.63. The van der Waals surface area contributed by atoms with Crippen LogP contribution in [0.3, 0.4) is 0 Å². The molecule has 10 heteroatoms. The number of hydrogen-bond donors (Lipinski definition) is 1. The van der Waals surface area contributed by atoms with Crippen LogP contribution in [-0.4, -0.2) is 36.2 Å². The van der Waals surface area contributed by atoms with Gasteiger partial charge in [0.1, 0.15) is 0 Å². The Morgan fingerprint density at radius 3 is 2.35 bits per heavy atom. The van der Waals surface area contributed by atoms with E-state index in [1.54, 1.807) is 6.92 Å². The van der Waals surface area contributed by atoms with Gasteiger partial charge in [0.15, 0.2) is 0 Å². The average molecular weight is 449 g/mol. The topological polar surface area (TPSA) is 110 Å². The van der Waals surface area contributed by atoms with Crippen LogP contribution in [0.5, 0.6) is 0 Å². The maximum absolute atomic E-state index is 13.3. The van der Waals surface area contributed by atoms with E-state index in [4.69, 9.17) is 0 Å². The van der Waals surface area contributed by atoms with Gasteiger partial charge in [-0.1, -0.05) is 13.8 Å². The molecular formula is C21H28N4O5S. The molecule has 9 nitrogen and oxygen atoms in total. The number of sulfonamides is 1. The van der Waals surface area contributed by atoms with Crippen molar-refractivity contribution in [1.82, 2.24) is 14.0 Å². The Hall–Kier alpha value is -2.46. The molecule has 2 fully saturated rings. The van der Waals surface area contributed by atoms with Crippen molar-refractivity contribution >= 4 is 26.8 Å². The fourth-order valence-corrected chi connectivity index (χ4v) is 5.18. The van der Waals surface area contributed by atoms with Crippen molar-refractivity contribution in [2.24, 2.45) is 5.41 Å². The van der Waals surface area contributed by atoms with E-state index < -0.39 is 32.7 Å². The number of fused-ring (bicyclic) bond motifs is 1. The summed E-state index contributed by atoms with van der Waals surface area (Å²) in [6, 6.07) is 4.24. The molecule has 0 atom stereocenters. The molecule has 1 aromatic heterocycles. The molecule has 2 aliphatic rings. The Kier molecular flexibility index (Phi) is 4.93. The van der Waals surface area contributed by atoms with Crippen molar-refractivity contribution in [2.75, 3.05) is 12.1 Å². The molecule has 0 radical (unpaired) electrons. The molecule has 1 amide bonds. The Labute approximate surface area is 180 Å². The number of carbonyl (C=O) groups is 1. The van der Waals surface area contributed by atoms with Crippen LogP contribution in [0, 0.1) is 5.41 Å². The molecule has 2 saturated carbocycles. The van der Waals surface area contributed by atoms with Gasteiger partial charge in [0.25, 0.3) is 5.56 Å². The Morgan fingerprint density at radius 1 is 1.16 bits per heavy atom. The molecule has 0 spiro atoms. The summed E-state index contributed by atoms with van der Waals surface area (Å²) in [7, 11) is -2.45. The lowest BCUT2D eigenvalue weighted by Crippen LogP contribution is -2.53. The summed E-state index contributed by atoms with van der Waals surface area (Å²) in [6.45, 7) is 5.92. The Morgan fingerprint density at radius 2 is 1.81 bits per heavy atom. The highest BCUT2D eigenvalue weighted by molar-refractivity contribution is 7.89. The monoisotopic (exact) mass is 448 g/mol. The first-order valence-electron chi connectivity index (χ1n) is 10.5. The summed E-state index contributed by atoms with van der Waals surface area (Å²) in [5.41, 5.74) is -1.46. The van der Waals surface area contributed by atoms with Gasteiger partial charge in [0.2, 0.25) is 15.9 Å². The summed E-state index contributed by atoms with van der Waals surface area (Å²) in [5.74, 6) is -0.394. The summed E-state index contributed by atoms with van der Waals surface area (Å²) in [5, 5.41) is 1.10. The molecule has 168 valence electrons. The number of hydrogen-bond acceptors (Lipinski definition) is 5. The van der Waals surface area contributed by atoms with E-state index in [-0.39, 0.29) is 22.1 Å². The van der Waals surface area contributed by atoms with Gasteiger partial charge < -0.3 is 0 Å². The minimum Gasteiger partial charge on any atom is -0.291 e. The molecule has 1 aromatic carbocycles. The van der Waals surface area contributed by atoms with Crippen LogP contribution in [0.1, 0.15) is 52.9 Å². The first-order chi connectivity index (χ1) is 14.4. The van der Waals surface area contributed by atoms with Crippen LogP contribution >= 0.6 is 0 Å². The van der Waals surface area contributed by atoms with Gasteiger partial charge in [-0.25, -0.2) is 22.9 Å². The number of nitrogens with one attached hydrogen (secondary N) is 1. The van der Waals surface area contributed by atoms with Crippen molar-refractivity contribution in [1.29, 1.82) is 0 Å². The quantitative estimate of drug-likeness (QED) is 0.686. The van der Waals surface area contributed by atoms with Crippen molar-refractivity contribution in [3.05, 3.63) is 39.0 Å². The molecule has 0 aliphatic heterocycles. The smallest absolute Gasteiger partial charge is 0.291 e. The lowest BCUT2D eigenvalue weighted by molar-refractivity contribution is -0.119. The van der Waals surface area contributed by atoms with Crippen molar-refractivity contribution in [3.63, 3.8) is 0 Å². The van der Waals surface area contributed by atoms with Gasteiger partial charge in [-0.2, -0.15) is 4.68 Å². The number of rotatable bonds is 7. The largest absolute Gasteiger partial charge is 0.351 e. The van der Waals surface area contributed by atoms with Crippen LogP contribution in [0.25, 0.3) is 10.9 Å².